The molecular formula is C10H14BrN5OS. The average molecular weight is 332 g/mol. The van der Waals surface area contributed by atoms with Gasteiger partial charge in [0.1, 0.15) is 0 Å². The summed E-state index contributed by atoms with van der Waals surface area (Å²) in [5.41, 5.74) is 0. The molecule has 0 aliphatic carbocycles. The molecular weight excluding hydrogens is 318 g/mol. The first-order chi connectivity index (χ1) is 8.79. The molecule has 1 N–H and O–H groups in total. The summed E-state index contributed by atoms with van der Waals surface area (Å²) in [6.45, 7) is 2.81. The SMILES string of the molecule is COCCNCc1nnnn1Cc1ccc(Br)s1. The second kappa shape index (κ2) is 6.93. The molecule has 2 heterocycles. The third-order valence-corrected chi connectivity index (χ3v) is 3.92. The van der Waals surface area contributed by atoms with Crippen LogP contribution in [0.4, 0.5) is 0 Å². The summed E-state index contributed by atoms with van der Waals surface area (Å²) in [5.74, 6) is 0.829. The zero-order chi connectivity index (χ0) is 12.8. The molecule has 0 radical (unpaired) electrons. The highest BCUT2D eigenvalue weighted by Crippen LogP contribution is 2.22. The van der Waals surface area contributed by atoms with Crippen LogP contribution in [0.1, 0.15) is 10.7 Å². The molecule has 8 heteroatoms. The Bertz CT molecular complexity index is 486. The van der Waals surface area contributed by atoms with Gasteiger partial charge in [-0.2, -0.15) is 0 Å². The van der Waals surface area contributed by atoms with Gasteiger partial charge in [-0.15, -0.1) is 16.4 Å². The van der Waals surface area contributed by atoms with Crippen molar-refractivity contribution in [2.24, 2.45) is 0 Å². The standard InChI is InChI=1S/C10H14BrN5OS/c1-17-5-4-12-6-10-13-14-15-16(10)7-8-2-3-9(11)18-8/h2-3,12H,4-7H2,1H3. The molecule has 0 fully saturated rings. The van der Waals surface area contributed by atoms with E-state index in [-0.39, 0.29) is 0 Å². The monoisotopic (exact) mass is 331 g/mol. The summed E-state index contributed by atoms with van der Waals surface area (Å²) >= 11 is 5.13. The molecule has 98 valence electrons. The van der Waals surface area contributed by atoms with Crippen LogP contribution in [-0.4, -0.2) is 40.5 Å². The van der Waals surface area contributed by atoms with Gasteiger partial charge in [0.15, 0.2) is 5.82 Å². The molecule has 0 atom stereocenters. The number of thiophene rings is 1. The van der Waals surface area contributed by atoms with Crippen LogP contribution in [0.2, 0.25) is 0 Å². The number of nitrogens with zero attached hydrogens (tertiary/aromatic N) is 4. The fourth-order valence-corrected chi connectivity index (χ4v) is 2.90. The molecule has 0 aliphatic heterocycles. The number of nitrogens with one attached hydrogen (secondary N) is 1. The van der Waals surface area contributed by atoms with E-state index in [0.29, 0.717) is 19.7 Å². The van der Waals surface area contributed by atoms with Crippen LogP contribution in [0.15, 0.2) is 15.9 Å². The van der Waals surface area contributed by atoms with Crippen LogP contribution in [0.5, 0.6) is 0 Å². The van der Waals surface area contributed by atoms with Gasteiger partial charge in [0.05, 0.1) is 23.5 Å². The Kier molecular flexibility index (Phi) is 5.24. The summed E-state index contributed by atoms with van der Waals surface area (Å²) in [7, 11) is 1.68. The van der Waals surface area contributed by atoms with Gasteiger partial charge in [-0.3, -0.25) is 0 Å². The molecule has 6 nitrogen and oxygen atoms in total. The van der Waals surface area contributed by atoms with Crippen LogP contribution in [-0.2, 0) is 17.8 Å². The maximum atomic E-state index is 4.97. The summed E-state index contributed by atoms with van der Waals surface area (Å²) in [6.07, 6.45) is 0. The first-order valence-electron chi connectivity index (χ1n) is 5.48. The van der Waals surface area contributed by atoms with Crippen LogP contribution in [0.3, 0.4) is 0 Å². The number of hydrogen-bond donors (Lipinski definition) is 1. The van der Waals surface area contributed by atoms with Gasteiger partial charge in [0.25, 0.3) is 0 Å². The van der Waals surface area contributed by atoms with Crippen molar-refractivity contribution in [2.75, 3.05) is 20.3 Å². The first-order valence-corrected chi connectivity index (χ1v) is 7.09. The zero-order valence-electron chi connectivity index (χ0n) is 9.97. The van der Waals surface area contributed by atoms with Gasteiger partial charge in [-0.1, -0.05) is 0 Å². The van der Waals surface area contributed by atoms with Crippen molar-refractivity contribution < 1.29 is 4.74 Å². The Balaban J connectivity index is 1.91. The number of ether oxygens (including phenoxy) is 1. The Morgan fingerprint density at radius 3 is 3.11 bits per heavy atom. The van der Waals surface area contributed by atoms with E-state index in [1.165, 1.54) is 4.88 Å². The van der Waals surface area contributed by atoms with E-state index in [1.54, 1.807) is 23.1 Å². The van der Waals surface area contributed by atoms with E-state index >= 15 is 0 Å². The minimum atomic E-state index is 0.642. The van der Waals surface area contributed by atoms with E-state index in [9.17, 15) is 0 Å². The molecule has 0 saturated carbocycles. The Morgan fingerprint density at radius 1 is 1.50 bits per heavy atom. The van der Waals surface area contributed by atoms with Crippen LogP contribution in [0.25, 0.3) is 0 Å². The molecule has 0 unspecified atom stereocenters. The van der Waals surface area contributed by atoms with Gasteiger partial charge in [0.2, 0.25) is 0 Å². The maximum absolute atomic E-state index is 4.97. The van der Waals surface area contributed by atoms with Gasteiger partial charge in [0, 0.05) is 18.5 Å². The highest BCUT2D eigenvalue weighted by molar-refractivity contribution is 9.11. The van der Waals surface area contributed by atoms with E-state index in [2.05, 4.69) is 42.8 Å². The quantitative estimate of drug-likeness (QED) is 0.774. The zero-order valence-corrected chi connectivity index (χ0v) is 12.4. The third-order valence-electron chi connectivity index (χ3n) is 2.31. The summed E-state index contributed by atoms with van der Waals surface area (Å²) in [5, 5.41) is 14.9. The van der Waals surface area contributed by atoms with Crippen molar-refractivity contribution in [3.63, 3.8) is 0 Å². The normalized spacial score (nSPS) is 11.0. The van der Waals surface area contributed by atoms with Gasteiger partial charge < -0.3 is 10.1 Å². The highest BCUT2D eigenvalue weighted by Gasteiger charge is 2.07. The number of aromatic nitrogens is 4. The number of rotatable bonds is 7. The second-order valence-electron chi connectivity index (χ2n) is 3.63. The van der Waals surface area contributed by atoms with Crippen molar-refractivity contribution >= 4 is 27.3 Å². The molecule has 2 aromatic rings. The summed E-state index contributed by atoms with van der Waals surface area (Å²) in [6, 6.07) is 4.10. The lowest BCUT2D eigenvalue weighted by Gasteiger charge is -2.04. The first kappa shape index (κ1) is 13.6. The van der Waals surface area contributed by atoms with Crippen molar-refractivity contribution in [3.05, 3.63) is 26.6 Å². The molecule has 2 aromatic heterocycles. The lowest BCUT2D eigenvalue weighted by atomic mass is 10.4. The van der Waals surface area contributed by atoms with E-state index < -0.39 is 0 Å². The molecule has 0 amide bonds. The van der Waals surface area contributed by atoms with Crippen LogP contribution in [0, 0.1) is 0 Å². The Hall–Kier alpha value is -0.830. The van der Waals surface area contributed by atoms with Crippen molar-refractivity contribution in [1.29, 1.82) is 0 Å². The number of halogens is 1. The molecule has 18 heavy (non-hydrogen) atoms. The van der Waals surface area contributed by atoms with Crippen LogP contribution >= 0.6 is 27.3 Å². The number of methoxy groups -OCH3 is 1. The molecule has 2 rings (SSSR count). The minimum Gasteiger partial charge on any atom is -0.383 e. The predicted molar refractivity (Wildman–Crippen MR) is 72.5 cm³/mol. The smallest absolute Gasteiger partial charge is 0.165 e. The Morgan fingerprint density at radius 2 is 2.39 bits per heavy atom. The predicted octanol–water partition coefficient (Wildman–Crippen LogP) is 1.28. The molecule has 0 saturated heterocycles. The maximum Gasteiger partial charge on any atom is 0.165 e. The molecule has 0 bridgehead atoms. The number of hydrogen-bond acceptors (Lipinski definition) is 6. The largest absolute Gasteiger partial charge is 0.383 e. The molecule has 0 aliphatic rings. The fourth-order valence-electron chi connectivity index (χ4n) is 1.43. The minimum absolute atomic E-state index is 0.642. The van der Waals surface area contributed by atoms with Crippen molar-refractivity contribution in [2.45, 2.75) is 13.1 Å². The number of tetrazole rings is 1. The summed E-state index contributed by atoms with van der Waals surface area (Å²) < 4.78 is 7.89. The van der Waals surface area contributed by atoms with Gasteiger partial charge in [-0.25, -0.2) is 4.68 Å². The van der Waals surface area contributed by atoms with Gasteiger partial charge in [-0.05, 0) is 38.5 Å². The second-order valence-corrected chi connectivity index (χ2v) is 6.18. The highest BCUT2D eigenvalue weighted by atomic mass is 79.9. The van der Waals surface area contributed by atoms with E-state index in [1.807, 2.05) is 6.07 Å². The van der Waals surface area contributed by atoms with Gasteiger partial charge >= 0.3 is 0 Å². The average Bonchev–Trinajstić information content (AvgIpc) is 2.95. The Labute approximate surface area is 117 Å². The lowest BCUT2D eigenvalue weighted by Crippen LogP contribution is -2.21. The fraction of sp³-hybridized carbons (Fsp3) is 0.500. The summed E-state index contributed by atoms with van der Waals surface area (Å²) in [4.78, 5) is 1.22. The van der Waals surface area contributed by atoms with Crippen molar-refractivity contribution in [1.82, 2.24) is 25.5 Å². The third kappa shape index (κ3) is 3.84. The van der Waals surface area contributed by atoms with Crippen molar-refractivity contribution in [3.8, 4) is 0 Å². The molecule has 0 spiro atoms. The lowest BCUT2D eigenvalue weighted by molar-refractivity contribution is 0.198. The molecule has 0 aromatic carbocycles. The van der Waals surface area contributed by atoms with E-state index in [0.717, 1.165) is 16.2 Å². The van der Waals surface area contributed by atoms with E-state index in [4.69, 9.17) is 4.74 Å². The van der Waals surface area contributed by atoms with Crippen LogP contribution < -0.4 is 5.32 Å². The topological polar surface area (TPSA) is 64.9 Å².